The third-order valence-corrected chi connectivity index (χ3v) is 3.84. The lowest BCUT2D eigenvalue weighted by atomic mass is 9.85. The standard InChI is InChI=1S/C20H28N2O/c1-19(2,3)15-11-13(21)7-9-17(15)23-18-10-8-14(22)12-16(18)20(4,5)6/h7-12H,21-22H2,1-6H3. The Labute approximate surface area is 139 Å². The summed E-state index contributed by atoms with van der Waals surface area (Å²) in [6.07, 6.45) is 0. The zero-order valence-corrected chi connectivity index (χ0v) is 15.0. The molecule has 0 bridgehead atoms. The number of benzene rings is 2. The summed E-state index contributed by atoms with van der Waals surface area (Å²) in [5.74, 6) is 1.67. The first-order valence-corrected chi connectivity index (χ1v) is 7.96. The maximum atomic E-state index is 6.29. The van der Waals surface area contributed by atoms with Crippen LogP contribution in [0.2, 0.25) is 0 Å². The van der Waals surface area contributed by atoms with Gasteiger partial charge in [-0.05, 0) is 47.2 Å². The summed E-state index contributed by atoms with van der Waals surface area (Å²) in [7, 11) is 0. The first-order chi connectivity index (χ1) is 10.5. The molecule has 0 heterocycles. The van der Waals surface area contributed by atoms with Crippen LogP contribution in [-0.4, -0.2) is 0 Å². The first-order valence-electron chi connectivity index (χ1n) is 7.96. The molecule has 0 aliphatic carbocycles. The summed E-state index contributed by atoms with van der Waals surface area (Å²) < 4.78 is 6.29. The van der Waals surface area contributed by atoms with E-state index in [4.69, 9.17) is 16.2 Å². The number of anilines is 2. The molecule has 23 heavy (non-hydrogen) atoms. The molecule has 0 aromatic heterocycles. The minimum absolute atomic E-state index is 0.0551. The van der Waals surface area contributed by atoms with Crippen LogP contribution < -0.4 is 16.2 Å². The third kappa shape index (κ3) is 3.98. The van der Waals surface area contributed by atoms with E-state index < -0.39 is 0 Å². The lowest BCUT2D eigenvalue weighted by Gasteiger charge is -2.26. The van der Waals surface area contributed by atoms with Crippen LogP contribution in [0.4, 0.5) is 11.4 Å². The largest absolute Gasteiger partial charge is 0.457 e. The summed E-state index contributed by atoms with van der Waals surface area (Å²) in [5, 5.41) is 0. The van der Waals surface area contributed by atoms with Crippen molar-refractivity contribution in [3.63, 3.8) is 0 Å². The number of rotatable bonds is 2. The van der Waals surface area contributed by atoms with Crippen LogP contribution in [0.1, 0.15) is 52.7 Å². The second-order valence-corrected chi connectivity index (χ2v) is 8.11. The van der Waals surface area contributed by atoms with Crippen molar-refractivity contribution in [1.82, 2.24) is 0 Å². The molecule has 3 nitrogen and oxygen atoms in total. The van der Waals surface area contributed by atoms with Crippen LogP contribution in [0.5, 0.6) is 11.5 Å². The van der Waals surface area contributed by atoms with Gasteiger partial charge in [-0.25, -0.2) is 0 Å². The van der Waals surface area contributed by atoms with E-state index in [1.807, 2.05) is 36.4 Å². The fraction of sp³-hybridized carbons (Fsp3) is 0.400. The van der Waals surface area contributed by atoms with Gasteiger partial charge in [-0.15, -0.1) is 0 Å². The molecule has 2 aromatic rings. The molecule has 0 spiro atoms. The highest BCUT2D eigenvalue weighted by molar-refractivity contribution is 5.55. The van der Waals surface area contributed by atoms with Gasteiger partial charge in [-0.1, -0.05) is 41.5 Å². The van der Waals surface area contributed by atoms with Crippen molar-refractivity contribution in [1.29, 1.82) is 0 Å². The summed E-state index contributed by atoms with van der Waals surface area (Å²) in [4.78, 5) is 0. The molecule has 2 rings (SSSR count). The Kier molecular flexibility index (Phi) is 4.34. The lowest BCUT2D eigenvalue weighted by molar-refractivity contribution is 0.436. The lowest BCUT2D eigenvalue weighted by Crippen LogP contribution is -2.15. The third-order valence-electron chi connectivity index (χ3n) is 3.84. The molecular weight excluding hydrogens is 284 g/mol. The smallest absolute Gasteiger partial charge is 0.131 e. The molecule has 124 valence electrons. The second-order valence-electron chi connectivity index (χ2n) is 8.11. The quantitative estimate of drug-likeness (QED) is 0.746. The predicted octanol–water partition coefficient (Wildman–Crippen LogP) is 5.24. The average molecular weight is 312 g/mol. The van der Waals surface area contributed by atoms with Crippen LogP contribution in [0.25, 0.3) is 0 Å². The van der Waals surface area contributed by atoms with E-state index in [0.717, 1.165) is 34.0 Å². The SMILES string of the molecule is CC(C)(C)c1cc(N)ccc1Oc1ccc(N)cc1C(C)(C)C. The van der Waals surface area contributed by atoms with E-state index in [1.165, 1.54) is 0 Å². The van der Waals surface area contributed by atoms with Crippen molar-refractivity contribution in [2.45, 2.75) is 52.4 Å². The van der Waals surface area contributed by atoms with E-state index in [1.54, 1.807) is 0 Å². The van der Waals surface area contributed by atoms with Gasteiger partial charge >= 0.3 is 0 Å². The molecule has 0 saturated carbocycles. The molecular formula is C20H28N2O. The van der Waals surface area contributed by atoms with Gasteiger partial charge in [0.15, 0.2) is 0 Å². The van der Waals surface area contributed by atoms with Crippen LogP contribution in [-0.2, 0) is 10.8 Å². The van der Waals surface area contributed by atoms with Gasteiger partial charge in [0.2, 0.25) is 0 Å². The average Bonchev–Trinajstić information content (AvgIpc) is 2.40. The van der Waals surface area contributed by atoms with Crippen molar-refractivity contribution in [3.8, 4) is 11.5 Å². The monoisotopic (exact) mass is 312 g/mol. The van der Waals surface area contributed by atoms with Gasteiger partial charge in [0.05, 0.1) is 0 Å². The van der Waals surface area contributed by atoms with Gasteiger partial charge in [0, 0.05) is 22.5 Å². The fourth-order valence-electron chi connectivity index (χ4n) is 2.56. The topological polar surface area (TPSA) is 61.3 Å². The van der Waals surface area contributed by atoms with Gasteiger partial charge < -0.3 is 16.2 Å². The summed E-state index contributed by atoms with van der Waals surface area (Å²) in [5.41, 5.74) is 15.5. The molecule has 0 aliphatic rings. The van der Waals surface area contributed by atoms with Crippen molar-refractivity contribution in [2.24, 2.45) is 0 Å². The van der Waals surface area contributed by atoms with Gasteiger partial charge in [-0.2, -0.15) is 0 Å². The Morgan fingerprint density at radius 2 is 1.00 bits per heavy atom. The predicted molar refractivity (Wildman–Crippen MR) is 99.2 cm³/mol. The van der Waals surface area contributed by atoms with Crippen molar-refractivity contribution < 1.29 is 4.74 Å². The van der Waals surface area contributed by atoms with Crippen LogP contribution in [0.3, 0.4) is 0 Å². The highest BCUT2D eigenvalue weighted by Gasteiger charge is 2.23. The van der Waals surface area contributed by atoms with E-state index in [-0.39, 0.29) is 10.8 Å². The zero-order chi connectivity index (χ0) is 17.4. The maximum Gasteiger partial charge on any atom is 0.131 e. The molecule has 0 saturated heterocycles. The van der Waals surface area contributed by atoms with Gasteiger partial charge in [0.1, 0.15) is 11.5 Å². The molecule has 0 aliphatic heterocycles. The number of ether oxygens (including phenoxy) is 1. The molecule has 0 amide bonds. The summed E-state index contributed by atoms with van der Waals surface area (Å²) in [6, 6.07) is 11.6. The first kappa shape index (κ1) is 17.2. The number of hydrogen-bond donors (Lipinski definition) is 2. The summed E-state index contributed by atoms with van der Waals surface area (Å²) >= 11 is 0. The normalized spacial score (nSPS) is 12.3. The molecule has 0 unspecified atom stereocenters. The highest BCUT2D eigenvalue weighted by atomic mass is 16.5. The van der Waals surface area contributed by atoms with Crippen molar-refractivity contribution in [2.75, 3.05) is 11.5 Å². The number of nitrogens with two attached hydrogens (primary N) is 2. The Balaban J connectivity index is 2.53. The highest BCUT2D eigenvalue weighted by Crippen LogP contribution is 2.39. The van der Waals surface area contributed by atoms with Crippen molar-refractivity contribution in [3.05, 3.63) is 47.5 Å². The second kappa shape index (κ2) is 5.80. The number of hydrogen-bond acceptors (Lipinski definition) is 3. The maximum absolute atomic E-state index is 6.29. The van der Waals surface area contributed by atoms with E-state index >= 15 is 0 Å². The summed E-state index contributed by atoms with van der Waals surface area (Å²) in [6.45, 7) is 12.9. The molecule has 0 radical (unpaired) electrons. The molecule has 0 atom stereocenters. The molecule has 3 heteroatoms. The Bertz CT molecular complexity index is 645. The van der Waals surface area contributed by atoms with E-state index in [9.17, 15) is 0 Å². The molecule has 2 aromatic carbocycles. The van der Waals surface area contributed by atoms with Gasteiger partial charge in [0.25, 0.3) is 0 Å². The van der Waals surface area contributed by atoms with Crippen LogP contribution in [0, 0.1) is 0 Å². The van der Waals surface area contributed by atoms with Crippen molar-refractivity contribution >= 4 is 11.4 Å². The zero-order valence-electron chi connectivity index (χ0n) is 15.0. The fourth-order valence-corrected chi connectivity index (χ4v) is 2.56. The molecule has 4 N–H and O–H groups in total. The number of nitrogen functional groups attached to an aromatic ring is 2. The van der Waals surface area contributed by atoms with E-state index in [2.05, 4.69) is 41.5 Å². The Morgan fingerprint density at radius 3 is 1.30 bits per heavy atom. The van der Waals surface area contributed by atoms with Crippen LogP contribution >= 0.6 is 0 Å². The minimum atomic E-state index is -0.0551. The minimum Gasteiger partial charge on any atom is -0.457 e. The van der Waals surface area contributed by atoms with E-state index in [0.29, 0.717) is 0 Å². The van der Waals surface area contributed by atoms with Crippen LogP contribution in [0.15, 0.2) is 36.4 Å². The Hall–Kier alpha value is -2.16. The molecule has 0 fully saturated rings. The van der Waals surface area contributed by atoms with Gasteiger partial charge in [-0.3, -0.25) is 0 Å². The Morgan fingerprint density at radius 1 is 0.652 bits per heavy atom.